The third-order valence-electron chi connectivity index (χ3n) is 4.36. The minimum Gasteiger partial charge on any atom is -0.389 e. The van der Waals surface area contributed by atoms with Crippen LogP contribution in [-0.4, -0.2) is 38.1 Å². The summed E-state index contributed by atoms with van der Waals surface area (Å²) in [4.78, 5) is 4.18. The zero-order valence-electron chi connectivity index (χ0n) is 15.2. The summed E-state index contributed by atoms with van der Waals surface area (Å²) >= 11 is 0. The van der Waals surface area contributed by atoms with Crippen LogP contribution in [0.25, 0.3) is 16.7 Å². The summed E-state index contributed by atoms with van der Waals surface area (Å²) in [5.41, 5.74) is 1.77. The Morgan fingerprint density at radius 2 is 2.00 bits per heavy atom. The summed E-state index contributed by atoms with van der Waals surface area (Å²) in [6.45, 7) is 1.64. The predicted molar refractivity (Wildman–Crippen MR) is 104 cm³/mol. The molecule has 0 aliphatic rings. The summed E-state index contributed by atoms with van der Waals surface area (Å²) in [6.07, 6.45) is 5.17. The molecule has 1 aromatic carbocycles. The van der Waals surface area contributed by atoms with Crippen molar-refractivity contribution in [1.29, 1.82) is 0 Å². The predicted octanol–water partition coefficient (Wildman–Crippen LogP) is 2.01. The third-order valence-corrected chi connectivity index (χ3v) is 5.68. The van der Waals surface area contributed by atoms with Crippen LogP contribution >= 0.6 is 0 Å². The summed E-state index contributed by atoms with van der Waals surface area (Å²) in [7, 11) is -2.12. The van der Waals surface area contributed by atoms with Crippen molar-refractivity contribution in [2.75, 3.05) is 4.72 Å². The van der Waals surface area contributed by atoms with E-state index in [1.807, 2.05) is 6.07 Å². The summed E-state index contributed by atoms with van der Waals surface area (Å²) in [5.74, 6) is 0.411. The van der Waals surface area contributed by atoms with Gasteiger partial charge >= 0.3 is 0 Å². The largest absolute Gasteiger partial charge is 0.389 e. The first-order valence-electron chi connectivity index (χ1n) is 8.48. The number of rotatable bonds is 5. The monoisotopic (exact) mass is 398 g/mol. The molecule has 3 aromatic heterocycles. The highest BCUT2D eigenvalue weighted by molar-refractivity contribution is 7.92. The molecule has 4 aromatic rings. The zero-order valence-corrected chi connectivity index (χ0v) is 16.0. The van der Waals surface area contributed by atoms with E-state index in [-0.39, 0.29) is 4.90 Å². The molecule has 0 unspecified atom stereocenters. The number of hydrogen-bond acceptors (Lipinski definition) is 6. The fourth-order valence-electron chi connectivity index (χ4n) is 2.91. The van der Waals surface area contributed by atoms with Crippen molar-refractivity contribution < 1.29 is 13.5 Å². The lowest BCUT2D eigenvalue weighted by atomic mass is 10.2. The fourth-order valence-corrected chi connectivity index (χ4v) is 3.91. The summed E-state index contributed by atoms with van der Waals surface area (Å²) in [5, 5.41) is 18.8. The van der Waals surface area contributed by atoms with E-state index in [0.29, 0.717) is 22.6 Å². The average molecular weight is 398 g/mol. The van der Waals surface area contributed by atoms with Crippen molar-refractivity contribution in [2.45, 2.75) is 17.9 Å². The molecule has 0 aliphatic heterocycles. The molecule has 3 heterocycles. The van der Waals surface area contributed by atoms with Gasteiger partial charge in [-0.1, -0.05) is 12.1 Å². The van der Waals surface area contributed by atoms with Crippen molar-refractivity contribution in [1.82, 2.24) is 24.5 Å². The number of aromatic nitrogens is 5. The van der Waals surface area contributed by atoms with Crippen molar-refractivity contribution >= 4 is 26.6 Å². The summed E-state index contributed by atoms with van der Waals surface area (Å²) in [6, 6.07) is 8.64. The van der Waals surface area contributed by atoms with E-state index in [1.165, 1.54) is 23.3 Å². The standard InChI is InChI=1S/C18H18N6O3S/c1-12(25)13-6-7-19-17(8-13)24-11-15(10-21-24)28(26,27)22-16-5-3-4-14-9-20-23(2)18(14)16/h3-12,22,25H,1-2H3/t12-/m1/s1. The van der Waals surface area contributed by atoms with Crippen molar-refractivity contribution in [3.63, 3.8) is 0 Å². The molecular formula is C18H18N6O3S. The number of fused-ring (bicyclic) bond motifs is 1. The summed E-state index contributed by atoms with van der Waals surface area (Å²) < 4.78 is 31.2. The van der Waals surface area contributed by atoms with Crippen molar-refractivity contribution in [2.24, 2.45) is 7.05 Å². The third kappa shape index (κ3) is 3.23. The fraction of sp³-hybridized carbons (Fsp3) is 0.167. The van der Waals surface area contributed by atoms with Gasteiger partial charge in [-0.25, -0.2) is 18.1 Å². The van der Waals surface area contributed by atoms with Crippen LogP contribution in [0.2, 0.25) is 0 Å². The van der Waals surface area contributed by atoms with Crippen LogP contribution < -0.4 is 4.72 Å². The van der Waals surface area contributed by atoms with Crippen LogP contribution in [-0.2, 0) is 17.1 Å². The maximum absolute atomic E-state index is 12.8. The molecule has 4 rings (SSSR count). The van der Waals surface area contributed by atoms with Crippen LogP contribution in [0.15, 0.2) is 60.0 Å². The number of sulfonamides is 1. The SMILES string of the molecule is C[C@@H](O)c1ccnc(-n2cc(S(=O)(=O)Nc3cccc4cnn(C)c34)cn2)c1. The smallest absolute Gasteiger partial charge is 0.265 e. The Morgan fingerprint density at radius 3 is 2.79 bits per heavy atom. The van der Waals surface area contributed by atoms with Crippen LogP contribution in [0.4, 0.5) is 5.69 Å². The molecule has 0 bridgehead atoms. The number of para-hydroxylation sites is 1. The van der Waals surface area contributed by atoms with Crippen molar-refractivity contribution in [3.8, 4) is 5.82 Å². The van der Waals surface area contributed by atoms with Crippen molar-refractivity contribution in [3.05, 3.63) is 60.7 Å². The molecule has 0 saturated carbocycles. The first-order valence-corrected chi connectivity index (χ1v) is 9.96. The quantitative estimate of drug-likeness (QED) is 0.531. The molecule has 28 heavy (non-hydrogen) atoms. The number of benzene rings is 1. The van der Waals surface area contributed by atoms with Crippen LogP contribution in [0.3, 0.4) is 0 Å². The normalized spacial score (nSPS) is 13.0. The van der Waals surface area contributed by atoms with Gasteiger partial charge in [-0.3, -0.25) is 9.40 Å². The van der Waals surface area contributed by atoms with Gasteiger partial charge < -0.3 is 5.11 Å². The van der Waals surface area contributed by atoms with E-state index in [0.717, 1.165) is 5.39 Å². The highest BCUT2D eigenvalue weighted by Crippen LogP contribution is 2.25. The minimum absolute atomic E-state index is 0.00378. The van der Waals surface area contributed by atoms with E-state index in [9.17, 15) is 13.5 Å². The first kappa shape index (κ1) is 18.1. The van der Waals surface area contributed by atoms with E-state index >= 15 is 0 Å². The number of aryl methyl sites for hydroxylation is 1. The van der Waals surface area contributed by atoms with Gasteiger partial charge in [-0.05, 0) is 30.7 Å². The molecular weight excluding hydrogens is 380 g/mol. The molecule has 10 heteroatoms. The molecule has 1 atom stereocenters. The van der Waals surface area contributed by atoms with Gasteiger partial charge in [0, 0.05) is 18.6 Å². The molecule has 0 spiro atoms. The average Bonchev–Trinajstić information content (AvgIpc) is 3.30. The highest BCUT2D eigenvalue weighted by Gasteiger charge is 2.19. The first-order chi connectivity index (χ1) is 13.3. The lowest BCUT2D eigenvalue weighted by molar-refractivity contribution is 0.199. The van der Waals surface area contributed by atoms with Crippen LogP contribution in [0.1, 0.15) is 18.6 Å². The number of anilines is 1. The topological polar surface area (TPSA) is 115 Å². The second kappa shape index (κ2) is 6.73. The molecule has 0 saturated heterocycles. The number of pyridine rings is 1. The van der Waals surface area contributed by atoms with Gasteiger partial charge in [-0.15, -0.1) is 0 Å². The van der Waals surface area contributed by atoms with E-state index < -0.39 is 16.1 Å². The number of hydrogen-bond donors (Lipinski definition) is 2. The number of nitrogens with zero attached hydrogens (tertiary/aromatic N) is 5. The highest BCUT2D eigenvalue weighted by atomic mass is 32.2. The maximum Gasteiger partial charge on any atom is 0.265 e. The second-order valence-corrected chi connectivity index (χ2v) is 8.04. The molecule has 0 fully saturated rings. The van der Waals surface area contributed by atoms with Gasteiger partial charge in [0.15, 0.2) is 5.82 Å². The van der Waals surface area contributed by atoms with E-state index in [2.05, 4.69) is 19.9 Å². The lowest BCUT2D eigenvalue weighted by Gasteiger charge is -2.08. The maximum atomic E-state index is 12.8. The van der Waals surface area contributed by atoms with E-state index in [4.69, 9.17) is 0 Å². The molecule has 2 N–H and O–H groups in total. The molecule has 0 amide bonds. The van der Waals surface area contributed by atoms with Gasteiger partial charge in [0.25, 0.3) is 10.0 Å². The molecule has 144 valence electrons. The van der Waals surface area contributed by atoms with Gasteiger partial charge in [-0.2, -0.15) is 10.2 Å². The molecule has 9 nitrogen and oxygen atoms in total. The minimum atomic E-state index is -3.86. The van der Waals surface area contributed by atoms with Gasteiger partial charge in [0.2, 0.25) is 0 Å². The van der Waals surface area contributed by atoms with Gasteiger partial charge in [0.1, 0.15) is 4.90 Å². The lowest BCUT2D eigenvalue weighted by Crippen LogP contribution is -2.13. The number of nitrogens with one attached hydrogen (secondary N) is 1. The Morgan fingerprint density at radius 1 is 1.18 bits per heavy atom. The van der Waals surface area contributed by atoms with E-state index in [1.54, 1.807) is 49.1 Å². The second-order valence-electron chi connectivity index (χ2n) is 6.36. The molecule has 0 radical (unpaired) electrons. The number of aliphatic hydroxyl groups excluding tert-OH is 1. The van der Waals surface area contributed by atoms with Gasteiger partial charge in [0.05, 0.1) is 35.9 Å². The Hall–Kier alpha value is -3.24. The Kier molecular flexibility index (Phi) is 4.36. The Balaban J connectivity index is 1.68. The zero-order chi connectivity index (χ0) is 19.9. The molecule has 0 aliphatic carbocycles. The number of aliphatic hydroxyl groups is 1. The van der Waals surface area contributed by atoms with Crippen LogP contribution in [0.5, 0.6) is 0 Å². The Labute approximate surface area is 161 Å². The Bertz CT molecular complexity index is 1260. The van der Waals surface area contributed by atoms with Crippen LogP contribution in [0, 0.1) is 0 Å².